The second-order valence-electron chi connectivity index (χ2n) is 6.55. The molecule has 2 rings (SSSR count). The number of aliphatic carboxylic acids is 1. The van der Waals surface area contributed by atoms with Crippen LogP contribution in [-0.2, 0) is 15.0 Å². The Morgan fingerprint density at radius 1 is 1.30 bits per heavy atom. The molecule has 0 radical (unpaired) electrons. The van der Waals surface area contributed by atoms with Crippen molar-refractivity contribution in [2.24, 2.45) is 0 Å². The van der Waals surface area contributed by atoms with E-state index < -0.39 is 5.97 Å². The zero-order valence-electron chi connectivity index (χ0n) is 13.4. The zero-order valence-corrected chi connectivity index (χ0v) is 13.4. The fourth-order valence-corrected chi connectivity index (χ4v) is 2.31. The molecule has 1 heterocycles. The van der Waals surface area contributed by atoms with Crippen molar-refractivity contribution in [2.45, 2.75) is 32.3 Å². The number of carboxylic acid groups (broad SMARTS) is 1. The fraction of sp³-hybridized carbons (Fsp3) is 0.412. The van der Waals surface area contributed by atoms with Crippen LogP contribution >= 0.6 is 0 Å². The minimum Gasteiger partial charge on any atom is -0.486 e. The van der Waals surface area contributed by atoms with Crippen LogP contribution in [0.4, 0.5) is 4.39 Å². The molecule has 1 aromatic carbocycles. The van der Waals surface area contributed by atoms with Crippen LogP contribution in [0.1, 0.15) is 26.3 Å². The molecule has 1 N–H and O–H groups in total. The number of carbonyl (C=O) groups excluding carboxylic acids is 1. The van der Waals surface area contributed by atoms with E-state index in [9.17, 15) is 14.0 Å². The standard InChI is InChI=1S/C17H20FNO4/c1-17(2,3)13-8-11(18)4-5-14(13)23-12-9-19(10-12)15(20)6-7-16(21)22/h4-8,12H,9-10H2,1-3H3,(H,21,22). The Labute approximate surface area is 134 Å². The highest BCUT2D eigenvalue weighted by Gasteiger charge is 2.32. The van der Waals surface area contributed by atoms with E-state index in [1.54, 1.807) is 6.07 Å². The summed E-state index contributed by atoms with van der Waals surface area (Å²) in [5.41, 5.74) is 0.508. The summed E-state index contributed by atoms with van der Waals surface area (Å²) in [6.45, 7) is 6.68. The van der Waals surface area contributed by atoms with Gasteiger partial charge in [-0.2, -0.15) is 0 Å². The molecule has 0 atom stereocenters. The van der Waals surface area contributed by atoms with Gasteiger partial charge in [0.25, 0.3) is 0 Å². The molecule has 6 heteroatoms. The number of hydrogen-bond acceptors (Lipinski definition) is 3. The van der Waals surface area contributed by atoms with Gasteiger partial charge in [0.1, 0.15) is 17.7 Å². The van der Waals surface area contributed by atoms with Gasteiger partial charge in [0.2, 0.25) is 5.91 Å². The number of benzene rings is 1. The number of hydrogen-bond donors (Lipinski definition) is 1. The summed E-state index contributed by atoms with van der Waals surface area (Å²) >= 11 is 0. The van der Waals surface area contributed by atoms with Crippen LogP contribution in [0, 0.1) is 5.82 Å². The van der Waals surface area contributed by atoms with Crippen molar-refractivity contribution >= 4 is 11.9 Å². The second kappa shape index (κ2) is 6.40. The van der Waals surface area contributed by atoms with Gasteiger partial charge in [0.15, 0.2) is 0 Å². The summed E-state index contributed by atoms with van der Waals surface area (Å²) in [5, 5.41) is 8.50. The molecule has 1 aromatic rings. The highest BCUT2D eigenvalue weighted by atomic mass is 19.1. The van der Waals surface area contributed by atoms with Crippen LogP contribution in [0.2, 0.25) is 0 Å². The van der Waals surface area contributed by atoms with Gasteiger partial charge in [-0.3, -0.25) is 4.79 Å². The van der Waals surface area contributed by atoms with Gasteiger partial charge in [0.05, 0.1) is 13.1 Å². The number of carbonyl (C=O) groups is 2. The fourth-order valence-electron chi connectivity index (χ4n) is 2.31. The van der Waals surface area contributed by atoms with E-state index in [0.29, 0.717) is 18.8 Å². The lowest BCUT2D eigenvalue weighted by atomic mass is 9.86. The lowest BCUT2D eigenvalue weighted by Crippen LogP contribution is -2.55. The van der Waals surface area contributed by atoms with Gasteiger partial charge < -0.3 is 14.7 Å². The molecule has 0 unspecified atom stereocenters. The highest BCUT2D eigenvalue weighted by Crippen LogP contribution is 2.33. The van der Waals surface area contributed by atoms with Crippen LogP contribution in [-0.4, -0.2) is 41.1 Å². The number of rotatable bonds is 4. The van der Waals surface area contributed by atoms with Crippen molar-refractivity contribution in [2.75, 3.05) is 13.1 Å². The van der Waals surface area contributed by atoms with Gasteiger partial charge in [-0.05, 0) is 23.6 Å². The first kappa shape index (κ1) is 17.0. The average Bonchev–Trinajstić information content (AvgIpc) is 2.40. The smallest absolute Gasteiger partial charge is 0.328 e. The minimum atomic E-state index is -1.16. The minimum absolute atomic E-state index is 0.177. The molecule has 0 saturated carbocycles. The third-order valence-electron chi connectivity index (χ3n) is 3.57. The Morgan fingerprint density at radius 2 is 1.96 bits per heavy atom. The van der Waals surface area contributed by atoms with Gasteiger partial charge in [-0.25, -0.2) is 9.18 Å². The highest BCUT2D eigenvalue weighted by molar-refractivity contribution is 5.94. The molecule has 1 aliphatic heterocycles. The van der Waals surface area contributed by atoms with Gasteiger partial charge in [-0.1, -0.05) is 20.8 Å². The molecule has 124 valence electrons. The normalized spacial score (nSPS) is 15.6. The Kier molecular flexibility index (Phi) is 4.73. The Morgan fingerprint density at radius 3 is 2.52 bits per heavy atom. The first-order valence-electron chi connectivity index (χ1n) is 7.33. The predicted octanol–water partition coefficient (Wildman–Crippen LogP) is 2.35. The van der Waals surface area contributed by atoms with Crippen molar-refractivity contribution in [1.82, 2.24) is 4.90 Å². The van der Waals surface area contributed by atoms with E-state index in [1.807, 2.05) is 20.8 Å². The van der Waals surface area contributed by atoms with Crippen LogP contribution in [0.5, 0.6) is 5.75 Å². The van der Waals surface area contributed by atoms with Gasteiger partial charge >= 0.3 is 5.97 Å². The van der Waals surface area contributed by atoms with E-state index in [-0.39, 0.29) is 23.2 Å². The Bertz CT molecular complexity index is 642. The molecule has 0 bridgehead atoms. The largest absolute Gasteiger partial charge is 0.486 e. The molecule has 1 fully saturated rings. The van der Waals surface area contributed by atoms with Crippen LogP contribution in [0.3, 0.4) is 0 Å². The topological polar surface area (TPSA) is 66.8 Å². The Hall–Kier alpha value is -2.37. The van der Waals surface area contributed by atoms with Gasteiger partial charge in [0, 0.05) is 17.7 Å². The monoisotopic (exact) mass is 321 g/mol. The summed E-state index contributed by atoms with van der Waals surface area (Å²) in [6.07, 6.45) is 1.66. The number of amides is 1. The second-order valence-corrected chi connectivity index (χ2v) is 6.55. The number of nitrogens with zero attached hydrogens (tertiary/aromatic N) is 1. The molecule has 1 amide bonds. The summed E-state index contributed by atoms with van der Waals surface area (Å²) < 4.78 is 19.3. The van der Waals surface area contributed by atoms with Crippen molar-refractivity contribution in [3.8, 4) is 5.75 Å². The number of likely N-dealkylation sites (tertiary alicyclic amines) is 1. The maximum absolute atomic E-state index is 13.5. The van der Waals surface area contributed by atoms with E-state index >= 15 is 0 Å². The number of ether oxygens (including phenoxy) is 1. The molecule has 1 aliphatic rings. The summed E-state index contributed by atoms with van der Waals surface area (Å²) in [7, 11) is 0. The first-order chi connectivity index (χ1) is 10.7. The first-order valence-corrected chi connectivity index (χ1v) is 7.33. The lowest BCUT2D eigenvalue weighted by molar-refractivity contribution is -0.136. The molecular weight excluding hydrogens is 301 g/mol. The lowest BCUT2D eigenvalue weighted by Gasteiger charge is -2.39. The summed E-state index contributed by atoms with van der Waals surface area (Å²) in [6, 6.07) is 4.42. The Balaban J connectivity index is 1.99. The van der Waals surface area contributed by atoms with Crippen molar-refractivity contribution in [3.05, 3.63) is 41.7 Å². The molecule has 1 saturated heterocycles. The maximum Gasteiger partial charge on any atom is 0.328 e. The summed E-state index contributed by atoms with van der Waals surface area (Å²) in [4.78, 5) is 23.5. The number of halogens is 1. The van der Waals surface area contributed by atoms with Crippen LogP contribution in [0.15, 0.2) is 30.4 Å². The average molecular weight is 321 g/mol. The summed E-state index contributed by atoms with van der Waals surface area (Å²) in [5.74, 6) is -1.22. The molecule has 5 nitrogen and oxygen atoms in total. The maximum atomic E-state index is 13.5. The third kappa shape index (κ3) is 4.31. The van der Waals surface area contributed by atoms with E-state index in [2.05, 4.69) is 0 Å². The molecule has 23 heavy (non-hydrogen) atoms. The van der Waals surface area contributed by atoms with Gasteiger partial charge in [-0.15, -0.1) is 0 Å². The van der Waals surface area contributed by atoms with Crippen molar-refractivity contribution in [3.63, 3.8) is 0 Å². The molecular formula is C17H20FNO4. The quantitative estimate of drug-likeness (QED) is 0.865. The van der Waals surface area contributed by atoms with Crippen molar-refractivity contribution in [1.29, 1.82) is 0 Å². The van der Waals surface area contributed by atoms with E-state index in [4.69, 9.17) is 9.84 Å². The molecule has 0 aliphatic carbocycles. The van der Waals surface area contributed by atoms with E-state index in [1.165, 1.54) is 17.0 Å². The SMILES string of the molecule is CC(C)(C)c1cc(F)ccc1OC1CN(C(=O)C=CC(=O)O)C1. The predicted molar refractivity (Wildman–Crippen MR) is 82.9 cm³/mol. The van der Waals surface area contributed by atoms with E-state index in [0.717, 1.165) is 17.7 Å². The molecule has 0 spiro atoms. The zero-order chi connectivity index (χ0) is 17.2. The number of carboxylic acids is 1. The van der Waals surface area contributed by atoms with Crippen LogP contribution in [0.25, 0.3) is 0 Å². The molecule has 0 aromatic heterocycles. The van der Waals surface area contributed by atoms with Crippen LogP contribution < -0.4 is 4.74 Å². The third-order valence-corrected chi connectivity index (χ3v) is 3.57. The van der Waals surface area contributed by atoms with Crippen molar-refractivity contribution < 1.29 is 23.8 Å².